The van der Waals surface area contributed by atoms with E-state index in [4.69, 9.17) is 0 Å². The summed E-state index contributed by atoms with van der Waals surface area (Å²) in [4.78, 5) is 0. The van der Waals surface area contributed by atoms with Crippen molar-refractivity contribution in [3.8, 4) is 0 Å². The summed E-state index contributed by atoms with van der Waals surface area (Å²) >= 11 is 0. The predicted octanol–water partition coefficient (Wildman–Crippen LogP) is 1.48. The van der Waals surface area contributed by atoms with Gasteiger partial charge in [0.1, 0.15) is 0 Å². The second-order valence-corrected chi connectivity index (χ2v) is 7.39. The molecule has 1 rings (SSSR count). The Morgan fingerprint density at radius 2 is 1.94 bits per heavy atom. The monoisotopic (exact) mass is 262 g/mol. The molecule has 0 spiro atoms. The van der Waals surface area contributed by atoms with E-state index < -0.39 is 10.0 Å². The van der Waals surface area contributed by atoms with Gasteiger partial charge in [0, 0.05) is 12.6 Å². The largest absolute Gasteiger partial charge is 0.315 e. The van der Waals surface area contributed by atoms with E-state index >= 15 is 0 Å². The summed E-state index contributed by atoms with van der Waals surface area (Å²) in [6, 6.07) is 0.0705. The SMILES string of the molecule is CCCNCC(C)S(=O)(=O)NC(C)CC1CC1. The van der Waals surface area contributed by atoms with Gasteiger partial charge in [-0.15, -0.1) is 0 Å². The van der Waals surface area contributed by atoms with Crippen LogP contribution in [0.3, 0.4) is 0 Å². The summed E-state index contributed by atoms with van der Waals surface area (Å²) < 4.78 is 26.8. The highest BCUT2D eigenvalue weighted by atomic mass is 32.2. The molecule has 2 atom stereocenters. The van der Waals surface area contributed by atoms with Gasteiger partial charge in [-0.3, -0.25) is 0 Å². The van der Waals surface area contributed by atoms with Crippen molar-refractivity contribution >= 4 is 10.0 Å². The van der Waals surface area contributed by atoms with E-state index in [9.17, 15) is 8.42 Å². The van der Waals surface area contributed by atoms with Crippen molar-refractivity contribution in [1.29, 1.82) is 0 Å². The van der Waals surface area contributed by atoms with E-state index in [2.05, 4.69) is 17.0 Å². The first kappa shape index (κ1) is 14.9. The average Bonchev–Trinajstić information content (AvgIpc) is 3.00. The van der Waals surface area contributed by atoms with Gasteiger partial charge in [-0.25, -0.2) is 13.1 Å². The van der Waals surface area contributed by atoms with Gasteiger partial charge in [0.05, 0.1) is 5.25 Å². The summed E-state index contributed by atoms with van der Waals surface area (Å²) in [5.41, 5.74) is 0. The molecular weight excluding hydrogens is 236 g/mol. The fourth-order valence-electron chi connectivity index (χ4n) is 1.89. The van der Waals surface area contributed by atoms with Crippen molar-refractivity contribution in [3.05, 3.63) is 0 Å². The molecule has 1 saturated carbocycles. The molecule has 5 heteroatoms. The van der Waals surface area contributed by atoms with E-state index in [1.807, 2.05) is 6.92 Å². The molecule has 0 aromatic carbocycles. The third-order valence-corrected chi connectivity index (χ3v) is 5.09. The molecule has 0 bridgehead atoms. The molecule has 0 saturated heterocycles. The highest BCUT2D eigenvalue weighted by Crippen LogP contribution is 2.33. The van der Waals surface area contributed by atoms with Gasteiger partial charge in [0.2, 0.25) is 10.0 Å². The molecule has 2 unspecified atom stereocenters. The summed E-state index contributed by atoms with van der Waals surface area (Å²) in [7, 11) is -3.17. The van der Waals surface area contributed by atoms with Crippen molar-refractivity contribution in [1.82, 2.24) is 10.0 Å². The fourth-order valence-corrected chi connectivity index (χ4v) is 3.12. The topological polar surface area (TPSA) is 58.2 Å². The molecule has 0 aromatic rings. The summed E-state index contributed by atoms with van der Waals surface area (Å²) in [5.74, 6) is 0.751. The van der Waals surface area contributed by atoms with Gasteiger partial charge >= 0.3 is 0 Å². The molecule has 1 aliphatic carbocycles. The van der Waals surface area contributed by atoms with Gasteiger partial charge in [-0.05, 0) is 39.2 Å². The molecule has 0 aliphatic heterocycles. The Labute approximate surface area is 106 Å². The lowest BCUT2D eigenvalue weighted by molar-refractivity contribution is 0.516. The van der Waals surface area contributed by atoms with Crippen LogP contribution < -0.4 is 10.0 Å². The van der Waals surface area contributed by atoms with Crippen molar-refractivity contribution in [2.24, 2.45) is 5.92 Å². The van der Waals surface area contributed by atoms with Gasteiger partial charge in [0.15, 0.2) is 0 Å². The lowest BCUT2D eigenvalue weighted by atomic mass is 10.2. The molecule has 1 aliphatic rings. The van der Waals surface area contributed by atoms with E-state index in [-0.39, 0.29) is 11.3 Å². The minimum atomic E-state index is -3.17. The standard InChI is InChI=1S/C12H26N2O2S/c1-4-7-13-9-11(3)17(15,16)14-10(2)8-12-5-6-12/h10-14H,4-9H2,1-3H3. The zero-order valence-corrected chi connectivity index (χ0v) is 12.0. The van der Waals surface area contributed by atoms with E-state index in [1.165, 1.54) is 12.8 Å². The maximum Gasteiger partial charge on any atom is 0.215 e. The minimum Gasteiger partial charge on any atom is -0.315 e. The van der Waals surface area contributed by atoms with Crippen molar-refractivity contribution in [2.45, 2.75) is 57.7 Å². The van der Waals surface area contributed by atoms with Crippen molar-refractivity contribution < 1.29 is 8.42 Å². The smallest absolute Gasteiger partial charge is 0.215 e. The molecule has 1 fully saturated rings. The zero-order chi connectivity index (χ0) is 12.9. The Kier molecular flexibility index (Phi) is 5.89. The number of hydrogen-bond acceptors (Lipinski definition) is 3. The first-order valence-corrected chi connectivity index (χ1v) is 8.22. The third kappa shape index (κ3) is 5.84. The summed E-state index contributed by atoms with van der Waals surface area (Å²) in [6.07, 6.45) is 4.53. The van der Waals surface area contributed by atoms with E-state index in [0.29, 0.717) is 6.54 Å². The Balaban J connectivity index is 2.31. The molecule has 17 heavy (non-hydrogen) atoms. The third-order valence-electron chi connectivity index (χ3n) is 3.14. The normalized spacial score (nSPS) is 20.2. The average molecular weight is 262 g/mol. The van der Waals surface area contributed by atoms with Crippen LogP contribution in [0.4, 0.5) is 0 Å². The number of hydrogen-bond donors (Lipinski definition) is 2. The van der Waals surface area contributed by atoms with Crippen LogP contribution >= 0.6 is 0 Å². The highest BCUT2D eigenvalue weighted by molar-refractivity contribution is 7.90. The molecule has 0 heterocycles. The van der Waals surface area contributed by atoms with Gasteiger partial charge < -0.3 is 5.32 Å². The van der Waals surface area contributed by atoms with Crippen LogP contribution in [0.1, 0.15) is 46.5 Å². The molecule has 0 radical (unpaired) electrons. The molecule has 4 nitrogen and oxygen atoms in total. The number of rotatable bonds is 9. The zero-order valence-electron chi connectivity index (χ0n) is 11.2. The Bertz CT molecular complexity index is 312. The maximum atomic E-state index is 12.0. The Morgan fingerprint density at radius 3 is 2.47 bits per heavy atom. The van der Waals surface area contributed by atoms with Crippen LogP contribution in [0.2, 0.25) is 0 Å². The minimum absolute atomic E-state index is 0.0705. The van der Waals surface area contributed by atoms with Crippen LogP contribution in [0.15, 0.2) is 0 Å². The van der Waals surface area contributed by atoms with E-state index in [0.717, 1.165) is 25.3 Å². The Hall–Kier alpha value is -0.130. The predicted molar refractivity (Wildman–Crippen MR) is 71.5 cm³/mol. The highest BCUT2D eigenvalue weighted by Gasteiger charge is 2.27. The molecular formula is C12H26N2O2S. The first-order chi connectivity index (χ1) is 7.95. The fraction of sp³-hybridized carbons (Fsp3) is 1.00. The van der Waals surface area contributed by atoms with Crippen LogP contribution in [0.5, 0.6) is 0 Å². The van der Waals surface area contributed by atoms with Crippen LogP contribution in [0.25, 0.3) is 0 Å². The maximum absolute atomic E-state index is 12.0. The number of sulfonamides is 1. The van der Waals surface area contributed by atoms with Crippen LogP contribution in [-0.2, 0) is 10.0 Å². The lowest BCUT2D eigenvalue weighted by Crippen LogP contribution is -2.42. The summed E-state index contributed by atoms with van der Waals surface area (Å²) in [5, 5.41) is 2.78. The molecule has 0 amide bonds. The van der Waals surface area contributed by atoms with Gasteiger partial charge in [-0.1, -0.05) is 19.8 Å². The van der Waals surface area contributed by atoms with E-state index in [1.54, 1.807) is 6.92 Å². The molecule has 2 N–H and O–H groups in total. The number of nitrogens with one attached hydrogen (secondary N) is 2. The van der Waals surface area contributed by atoms with Gasteiger partial charge in [0.25, 0.3) is 0 Å². The first-order valence-electron chi connectivity index (χ1n) is 6.67. The second-order valence-electron chi connectivity index (χ2n) is 5.26. The van der Waals surface area contributed by atoms with Crippen LogP contribution in [0, 0.1) is 5.92 Å². The second kappa shape index (κ2) is 6.71. The quantitative estimate of drug-likeness (QED) is 0.619. The van der Waals surface area contributed by atoms with Crippen molar-refractivity contribution in [3.63, 3.8) is 0 Å². The summed E-state index contributed by atoms with van der Waals surface area (Å²) in [6.45, 7) is 7.19. The molecule has 0 aromatic heterocycles. The molecule has 102 valence electrons. The van der Waals surface area contributed by atoms with Crippen molar-refractivity contribution in [2.75, 3.05) is 13.1 Å². The van der Waals surface area contributed by atoms with Crippen LogP contribution in [-0.4, -0.2) is 32.8 Å². The van der Waals surface area contributed by atoms with Gasteiger partial charge in [-0.2, -0.15) is 0 Å². The lowest BCUT2D eigenvalue weighted by Gasteiger charge is -2.18. The Morgan fingerprint density at radius 1 is 1.29 bits per heavy atom.